The quantitative estimate of drug-likeness (QED) is 0.503. The number of anilines is 2. The number of carbonyl (C=O) groups is 1. The van der Waals surface area contributed by atoms with Gasteiger partial charge < -0.3 is 20.7 Å². The molecule has 3 N–H and O–H groups in total. The van der Waals surface area contributed by atoms with E-state index in [0.717, 1.165) is 28.6 Å². The van der Waals surface area contributed by atoms with Gasteiger partial charge in [-0.15, -0.1) is 0 Å². The normalized spacial score (nSPS) is 17.3. The molecule has 7 nitrogen and oxygen atoms in total. The Morgan fingerprint density at radius 1 is 1.20 bits per heavy atom. The van der Waals surface area contributed by atoms with Crippen molar-refractivity contribution >= 4 is 33.8 Å². The van der Waals surface area contributed by atoms with Crippen LogP contribution in [0.15, 0.2) is 48.7 Å². The number of halogens is 2. The van der Waals surface area contributed by atoms with Crippen LogP contribution in [0.3, 0.4) is 0 Å². The molecule has 2 aromatic carbocycles. The van der Waals surface area contributed by atoms with E-state index in [1.165, 1.54) is 17.7 Å². The number of rotatable bonds is 6. The topological polar surface area (TPSA) is 93.4 Å². The van der Waals surface area contributed by atoms with E-state index in [4.69, 9.17) is 10.5 Å². The Morgan fingerprint density at radius 3 is 2.69 bits per heavy atom. The van der Waals surface area contributed by atoms with E-state index in [2.05, 4.69) is 27.7 Å². The van der Waals surface area contributed by atoms with Crippen LogP contribution in [0.25, 0.3) is 16.5 Å². The SMILES string of the molecule is C[C@@H](Nc1cnnc2ccc(C3=CCN(C(=O)C4COC4)CC3)cc12)c1cc(N)cc(C(F)F)c1. The molecule has 182 valence electrons. The first-order valence-electron chi connectivity index (χ1n) is 11.7. The maximum atomic E-state index is 13.2. The molecule has 5 rings (SSSR count). The summed E-state index contributed by atoms with van der Waals surface area (Å²) in [6, 6.07) is 10.2. The largest absolute Gasteiger partial charge is 0.399 e. The van der Waals surface area contributed by atoms with Gasteiger partial charge in [0.25, 0.3) is 6.43 Å². The van der Waals surface area contributed by atoms with E-state index in [9.17, 15) is 13.6 Å². The Balaban J connectivity index is 1.38. The summed E-state index contributed by atoms with van der Waals surface area (Å²) in [6.07, 6.45) is 1.92. The average Bonchev–Trinajstić information content (AvgIpc) is 2.82. The van der Waals surface area contributed by atoms with Crippen LogP contribution < -0.4 is 11.1 Å². The highest BCUT2D eigenvalue weighted by Gasteiger charge is 2.31. The molecule has 1 fully saturated rings. The zero-order chi connectivity index (χ0) is 24.5. The highest BCUT2D eigenvalue weighted by molar-refractivity contribution is 5.93. The number of hydrogen-bond donors (Lipinski definition) is 2. The zero-order valence-corrected chi connectivity index (χ0v) is 19.4. The summed E-state index contributed by atoms with van der Waals surface area (Å²) < 4.78 is 31.6. The molecule has 0 spiro atoms. The van der Waals surface area contributed by atoms with Crippen molar-refractivity contribution in [3.8, 4) is 0 Å². The number of amides is 1. The highest BCUT2D eigenvalue weighted by atomic mass is 19.3. The third-order valence-electron chi connectivity index (χ3n) is 6.64. The maximum absolute atomic E-state index is 13.2. The molecule has 1 atom stereocenters. The molecule has 0 bridgehead atoms. The van der Waals surface area contributed by atoms with E-state index in [1.807, 2.05) is 24.0 Å². The van der Waals surface area contributed by atoms with Gasteiger partial charge in [0.2, 0.25) is 5.91 Å². The summed E-state index contributed by atoms with van der Waals surface area (Å²) in [6.45, 7) is 4.19. The first-order chi connectivity index (χ1) is 16.9. The van der Waals surface area contributed by atoms with Gasteiger partial charge in [-0.3, -0.25) is 4.79 Å². The fraction of sp³-hybridized carbons (Fsp3) is 0.346. The van der Waals surface area contributed by atoms with Crippen LogP contribution in [-0.2, 0) is 9.53 Å². The fourth-order valence-electron chi connectivity index (χ4n) is 4.53. The Labute approximate surface area is 202 Å². The van der Waals surface area contributed by atoms with Crippen molar-refractivity contribution in [1.29, 1.82) is 0 Å². The summed E-state index contributed by atoms with van der Waals surface area (Å²) in [4.78, 5) is 14.4. The third kappa shape index (κ3) is 4.81. The average molecular weight is 480 g/mol. The van der Waals surface area contributed by atoms with Crippen LogP contribution in [0.4, 0.5) is 20.2 Å². The number of aromatic nitrogens is 2. The predicted molar refractivity (Wildman–Crippen MR) is 131 cm³/mol. The van der Waals surface area contributed by atoms with Crippen LogP contribution in [0.1, 0.15) is 42.5 Å². The molecule has 1 amide bonds. The monoisotopic (exact) mass is 479 g/mol. The predicted octanol–water partition coefficient (Wildman–Crippen LogP) is 4.58. The van der Waals surface area contributed by atoms with Gasteiger partial charge >= 0.3 is 0 Å². The van der Waals surface area contributed by atoms with Crippen molar-refractivity contribution in [3.05, 3.63) is 65.4 Å². The second-order valence-corrected chi connectivity index (χ2v) is 9.09. The van der Waals surface area contributed by atoms with Gasteiger partial charge in [0, 0.05) is 35.8 Å². The van der Waals surface area contributed by atoms with Gasteiger partial charge in [-0.1, -0.05) is 12.1 Å². The van der Waals surface area contributed by atoms with E-state index in [0.29, 0.717) is 37.6 Å². The van der Waals surface area contributed by atoms with Crippen molar-refractivity contribution in [3.63, 3.8) is 0 Å². The van der Waals surface area contributed by atoms with Crippen LogP contribution in [0.2, 0.25) is 0 Å². The molecule has 1 saturated heterocycles. The van der Waals surface area contributed by atoms with Crippen molar-refractivity contribution in [2.24, 2.45) is 5.92 Å². The van der Waals surface area contributed by atoms with Crippen molar-refractivity contribution in [2.75, 3.05) is 37.4 Å². The summed E-state index contributed by atoms with van der Waals surface area (Å²) in [5.41, 5.74) is 10.4. The number of carbonyl (C=O) groups excluding carboxylic acids is 1. The first kappa shape index (κ1) is 23.2. The molecular weight excluding hydrogens is 452 g/mol. The lowest BCUT2D eigenvalue weighted by atomic mass is 9.96. The van der Waals surface area contributed by atoms with Crippen LogP contribution in [0, 0.1) is 5.92 Å². The van der Waals surface area contributed by atoms with E-state index >= 15 is 0 Å². The van der Waals surface area contributed by atoms with Crippen LogP contribution >= 0.6 is 0 Å². The molecule has 0 aliphatic carbocycles. The smallest absolute Gasteiger partial charge is 0.263 e. The minimum absolute atomic E-state index is 0.00319. The van der Waals surface area contributed by atoms with Gasteiger partial charge in [0.1, 0.15) is 0 Å². The lowest BCUT2D eigenvalue weighted by Gasteiger charge is -2.33. The second-order valence-electron chi connectivity index (χ2n) is 9.09. The molecule has 2 aliphatic rings. The molecule has 1 aromatic heterocycles. The van der Waals surface area contributed by atoms with E-state index < -0.39 is 6.43 Å². The summed E-state index contributed by atoms with van der Waals surface area (Å²) in [5.74, 6) is 0.161. The number of fused-ring (bicyclic) bond motifs is 1. The molecule has 0 saturated carbocycles. The molecule has 3 aromatic rings. The molecule has 9 heteroatoms. The number of nitrogen functional groups attached to an aromatic ring is 1. The van der Waals surface area contributed by atoms with Crippen molar-refractivity contribution in [2.45, 2.75) is 25.8 Å². The summed E-state index contributed by atoms with van der Waals surface area (Å²) >= 11 is 0. The number of nitrogens with two attached hydrogens (primary N) is 1. The first-order valence-corrected chi connectivity index (χ1v) is 11.7. The lowest BCUT2D eigenvalue weighted by Crippen LogP contribution is -2.46. The third-order valence-corrected chi connectivity index (χ3v) is 6.64. The van der Waals surface area contributed by atoms with Gasteiger partial charge in [0.05, 0.1) is 36.5 Å². The highest BCUT2D eigenvalue weighted by Crippen LogP contribution is 2.32. The molecule has 0 radical (unpaired) electrons. The van der Waals surface area contributed by atoms with Crippen molar-refractivity contribution in [1.82, 2.24) is 15.1 Å². The number of nitrogens with one attached hydrogen (secondary N) is 1. The molecular formula is C26H27F2N5O2. The maximum Gasteiger partial charge on any atom is 0.263 e. The van der Waals surface area contributed by atoms with Gasteiger partial charge in [-0.2, -0.15) is 10.2 Å². The Kier molecular flexibility index (Phi) is 6.34. The second kappa shape index (κ2) is 9.58. The van der Waals surface area contributed by atoms with Crippen molar-refractivity contribution < 1.29 is 18.3 Å². The fourth-order valence-corrected chi connectivity index (χ4v) is 4.53. The molecule has 35 heavy (non-hydrogen) atoms. The summed E-state index contributed by atoms with van der Waals surface area (Å²) in [5, 5.41) is 12.6. The number of nitrogens with zero attached hydrogens (tertiary/aromatic N) is 3. The Hall–Kier alpha value is -3.59. The molecule has 0 unspecified atom stereocenters. The Bertz CT molecular complexity index is 1290. The van der Waals surface area contributed by atoms with Crippen LogP contribution in [-0.4, -0.2) is 47.3 Å². The van der Waals surface area contributed by atoms with E-state index in [1.54, 1.807) is 12.3 Å². The van der Waals surface area contributed by atoms with Gasteiger partial charge in [0.15, 0.2) is 0 Å². The molecule has 2 aliphatic heterocycles. The minimum atomic E-state index is -2.59. The van der Waals surface area contributed by atoms with Gasteiger partial charge in [-0.25, -0.2) is 8.78 Å². The van der Waals surface area contributed by atoms with Gasteiger partial charge in [-0.05, 0) is 60.4 Å². The minimum Gasteiger partial charge on any atom is -0.399 e. The number of hydrogen-bond acceptors (Lipinski definition) is 6. The molecule has 3 heterocycles. The zero-order valence-electron chi connectivity index (χ0n) is 19.4. The van der Waals surface area contributed by atoms with Crippen LogP contribution in [0.5, 0.6) is 0 Å². The number of benzene rings is 2. The van der Waals surface area contributed by atoms with E-state index in [-0.39, 0.29) is 23.4 Å². The lowest BCUT2D eigenvalue weighted by molar-refractivity contribution is -0.149. The number of ether oxygens (including phenoxy) is 1. The standard InChI is InChI=1S/C26H27F2N5O2/c1-15(18-8-19(25(27)28)10-21(29)9-18)31-24-12-30-32-23-3-2-17(11-22(23)24)16-4-6-33(7-5-16)26(34)20-13-35-14-20/h2-4,8-12,15,20,25H,5-7,13-14,29H2,1H3,(H,31,32)/t15-/m1/s1. The number of alkyl halides is 2. The Morgan fingerprint density at radius 2 is 2.00 bits per heavy atom. The summed E-state index contributed by atoms with van der Waals surface area (Å²) in [7, 11) is 0.